The lowest BCUT2D eigenvalue weighted by atomic mass is 9.74. The number of nitrogens with zero attached hydrogens (tertiary/aromatic N) is 1. The molecule has 2 nitrogen and oxygen atoms in total. The number of rotatable bonds is 3. The minimum Gasteiger partial charge on any atom is -0.390 e. The molecule has 3 aliphatic rings. The van der Waals surface area contributed by atoms with Crippen LogP contribution in [0.5, 0.6) is 0 Å². The van der Waals surface area contributed by atoms with E-state index >= 15 is 0 Å². The molecule has 1 N–H and O–H groups in total. The van der Waals surface area contributed by atoms with Crippen molar-refractivity contribution in [2.75, 3.05) is 19.6 Å². The predicted octanol–water partition coefficient (Wildman–Crippen LogP) is 4.30. The summed E-state index contributed by atoms with van der Waals surface area (Å²) in [6.07, 6.45) is 3.44. The maximum atomic E-state index is 10.4. The summed E-state index contributed by atoms with van der Waals surface area (Å²) in [7, 11) is 0. The van der Waals surface area contributed by atoms with Crippen LogP contribution in [0.15, 0.2) is 48.5 Å². The molecule has 0 unspecified atom stereocenters. The summed E-state index contributed by atoms with van der Waals surface area (Å²) in [6, 6.07) is 18.3. The van der Waals surface area contributed by atoms with Gasteiger partial charge in [0.05, 0.1) is 5.60 Å². The molecule has 0 radical (unpaired) electrons. The number of likely N-dealkylation sites (tertiary alicyclic amines) is 1. The highest BCUT2D eigenvalue weighted by atomic mass is 16.3. The van der Waals surface area contributed by atoms with E-state index in [-0.39, 0.29) is 5.41 Å². The number of hydrogen-bond acceptors (Lipinski definition) is 2. The van der Waals surface area contributed by atoms with E-state index < -0.39 is 5.60 Å². The van der Waals surface area contributed by atoms with Crippen LogP contribution in [0.3, 0.4) is 0 Å². The van der Waals surface area contributed by atoms with Crippen LogP contribution in [-0.4, -0.2) is 35.2 Å². The molecule has 136 valence electrons. The molecular weight excluding hydrogens is 318 g/mol. The lowest BCUT2D eigenvalue weighted by Gasteiger charge is -2.42. The Morgan fingerprint density at radius 1 is 0.962 bits per heavy atom. The monoisotopic (exact) mass is 347 g/mol. The fourth-order valence-electron chi connectivity index (χ4n) is 5.99. The fraction of sp³-hybridized carbons (Fsp3) is 0.500. The van der Waals surface area contributed by atoms with Crippen molar-refractivity contribution in [3.05, 3.63) is 70.8 Å². The van der Waals surface area contributed by atoms with Gasteiger partial charge in [0.15, 0.2) is 0 Å². The summed E-state index contributed by atoms with van der Waals surface area (Å²) in [5, 5.41) is 10.4. The Balaban J connectivity index is 1.46. The van der Waals surface area contributed by atoms with E-state index in [1.807, 2.05) is 13.8 Å². The summed E-state index contributed by atoms with van der Waals surface area (Å²) < 4.78 is 0. The summed E-state index contributed by atoms with van der Waals surface area (Å²) in [4.78, 5) is 2.66. The van der Waals surface area contributed by atoms with Crippen molar-refractivity contribution >= 4 is 0 Å². The topological polar surface area (TPSA) is 23.5 Å². The molecule has 2 aromatic rings. The molecule has 0 saturated carbocycles. The molecule has 1 saturated heterocycles. The lowest BCUT2D eigenvalue weighted by Crippen LogP contribution is -2.46. The third-order valence-electron chi connectivity index (χ3n) is 7.34. The summed E-state index contributed by atoms with van der Waals surface area (Å²) in [5.74, 6) is 1.01. The molecule has 0 atom stereocenters. The van der Waals surface area contributed by atoms with Crippen LogP contribution in [0.25, 0.3) is 0 Å². The molecule has 1 aliphatic heterocycles. The molecule has 2 heteroatoms. The van der Waals surface area contributed by atoms with Crippen LogP contribution in [-0.2, 0) is 5.41 Å². The van der Waals surface area contributed by atoms with E-state index in [4.69, 9.17) is 0 Å². The average molecular weight is 348 g/mol. The minimum absolute atomic E-state index is 0.166. The standard InChI is InChI=1S/C24H29NO/c1-23(2,26)17-11-13-25(14-12-17)16-24-15-20(18-7-3-5-9-21(18)24)19-8-4-6-10-22(19)24/h3-10,17,20,26H,11-16H2,1-2H3. The van der Waals surface area contributed by atoms with Crippen molar-refractivity contribution in [1.29, 1.82) is 0 Å². The minimum atomic E-state index is -0.546. The van der Waals surface area contributed by atoms with Crippen LogP contribution in [0.2, 0.25) is 0 Å². The Kier molecular flexibility index (Phi) is 3.61. The highest BCUT2D eigenvalue weighted by molar-refractivity contribution is 5.62. The Hall–Kier alpha value is -1.64. The lowest BCUT2D eigenvalue weighted by molar-refractivity contribution is -0.0144. The number of aliphatic hydroxyl groups is 1. The van der Waals surface area contributed by atoms with Crippen molar-refractivity contribution < 1.29 is 5.11 Å². The summed E-state index contributed by atoms with van der Waals surface area (Å²) in [6.45, 7) is 7.26. The fourth-order valence-corrected chi connectivity index (χ4v) is 5.99. The third kappa shape index (κ3) is 2.32. The summed E-state index contributed by atoms with van der Waals surface area (Å²) >= 11 is 0. The second kappa shape index (κ2) is 5.68. The maximum absolute atomic E-state index is 10.4. The highest BCUT2D eigenvalue weighted by Crippen LogP contribution is 2.60. The molecule has 5 rings (SSSR count). The maximum Gasteiger partial charge on any atom is 0.0620 e. The molecular formula is C24H29NO. The normalized spacial score (nSPS) is 28.2. The van der Waals surface area contributed by atoms with Crippen molar-refractivity contribution in [1.82, 2.24) is 4.90 Å². The first-order valence-corrected chi connectivity index (χ1v) is 10.1. The van der Waals surface area contributed by atoms with Gasteiger partial charge in [-0.2, -0.15) is 0 Å². The van der Waals surface area contributed by atoms with Crippen LogP contribution in [0.1, 0.15) is 61.3 Å². The number of hydrogen-bond donors (Lipinski definition) is 1. The van der Waals surface area contributed by atoms with Gasteiger partial charge in [0.2, 0.25) is 0 Å². The van der Waals surface area contributed by atoms with Crippen molar-refractivity contribution in [3.63, 3.8) is 0 Å². The first-order chi connectivity index (χ1) is 12.5. The quantitative estimate of drug-likeness (QED) is 0.894. The van der Waals surface area contributed by atoms with Gasteiger partial charge in [-0.25, -0.2) is 0 Å². The van der Waals surface area contributed by atoms with Crippen LogP contribution in [0, 0.1) is 5.92 Å². The molecule has 0 amide bonds. The van der Waals surface area contributed by atoms with Gasteiger partial charge in [0.1, 0.15) is 0 Å². The largest absolute Gasteiger partial charge is 0.390 e. The molecule has 26 heavy (non-hydrogen) atoms. The zero-order chi connectivity index (χ0) is 17.9. The van der Waals surface area contributed by atoms with E-state index in [0.29, 0.717) is 11.8 Å². The Morgan fingerprint density at radius 3 is 2.04 bits per heavy atom. The average Bonchev–Trinajstić information content (AvgIpc) is 3.14. The first kappa shape index (κ1) is 16.5. The molecule has 0 spiro atoms. The van der Waals surface area contributed by atoms with Gasteiger partial charge in [-0.3, -0.25) is 0 Å². The van der Waals surface area contributed by atoms with Crippen molar-refractivity contribution in [3.8, 4) is 0 Å². The van der Waals surface area contributed by atoms with Crippen molar-refractivity contribution in [2.24, 2.45) is 5.92 Å². The second-order valence-corrected chi connectivity index (χ2v) is 9.22. The molecule has 1 heterocycles. The second-order valence-electron chi connectivity index (χ2n) is 9.22. The van der Waals surface area contributed by atoms with Gasteiger partial charge in [-0.05, 0) is 74.4 Å². The zero-order valence-corrected chi connectivity index (χ0v) is 15.9. The predicted molar refractivity (Wildman–Crippen MR) is 106 cm³/mol. The number of piperidine rings is 1. The highest BCUT2D eigenvalue weighted by Gasteiger charge is 2.53. The SMILES string of the molecule is CC(C)(O)C1CCN(CC23CC(c4ccccc42)c2ccccc23)CC1. The Labute approximate surface area is 156 Å². The van der Waals surface area contributed by atoms with E-state index in [1.54, 1.807) is 22.3 Å². The van der Waals surface area contributed by atoms with E-state index in [9.17, 15) is 5.11 Å². The summed E-state index contributed by atoms with van der Waals surface area (Å²) in [5.41, 5.74) is 5.85. The van der Waals surface area contributed by atoms with Gasteiger partial charge in [-0.1, -0.05) is 48.5 Å². The van der Waals surface area contributed by atoms with Crippen LogP contribution >= 0.6 is 0 Å². The first-order valence-electron chi connectivity index (χ1n) is 10.1. The number of fused-ring (bicyclic) bond motifs is 8. The zero-order valence-electron chi connectivity index (χ0n) is 15.9. The van der Waals surface area contributed by atoms with Gasteiger partial charge >= 0.3 is 0 Å². The Bertz CT molecular complexity index is 779. The van der Waals surface area contributed by atoms with Gasteiger partial charge in [-0.15, -0.1) is 0 Å². The van der Waals surface area contributed by atoms with Gasteiger partial charge < -0.3 is 10.0 Å². The van der Waals surface area contributed by atoms with Crippen LogP contribution < -0.4 is 0 Å². The number of benzene rings is 2. The molecule has 1 fully saturated rings. The third-order valence-corrected chi connectivity index (χ3v) is 7.34. The van der Waals surface area contributed by atoms with E-state index in [2.05, 4.69) is 53.4 Å². The molecule has 2 bridgehead atoms. The smallest absolute Gasteiger partial charge is 0.0620 e. The van der Waals surface area contributed by atoms with E-state index in [1.165, 1.54) is 6.42 Å². The van der Waals surface area contributed by atoms with Gasteiger partial charge in [0.25, 0.3) is 0 Å². The molecule has 2 aliphatic carbocycles. The molecule has 2 aromatic carbocycles. The van der Waals surface area contributed by atoms with Crippen molar-refractivity contribution in [2.45, 2.75) is 50.0 Å². The molecule has 0 aromatic heterocycles. The van der Waals surface area contributed by atoms with Crippen LogP contribution in [0.4, 0.5) is 0 Å². The van der Waals surface area contributed by atoms with Gasteiger partial charge in [0, 0.05) is 17.9 Å². The van der Waals surface area contributed by atoms with E-state index in [0.717, 1.165) is 32.5 Å². The Morgan fingerprint density at radius 2 is 1.50 bits per heavy atom.